The molecule has 0 spiro atoms. The number of ether oxygens (including phenoxy) is 1. The van der Waals surface area contributed by atoms with Crippen LogP contribution in [0.4, 0.5) is 4.79 Å². The van der Waals surface area contributed by atoms with Crippen molar-refractivity contribution in [2.45, 2.75) is 77.0 Å². The smallest absolute Gasteiger partial charge is 0.410 e. The van der Waals surface area contributed by atoms with Gasteiger partial charge in [-0.1, -0.05) is 12.8 Å². The summed E-state index contributed by atoms with van der Waals surface area (Å²) < 4.78 is 5.58. The van der Waals surface area contributed by atoms with E-state index in [9.17, 15) is 4.79 Å². The molecule has 5 heteroatoms. The van der Waals surface area contributed by atoms with Crippen LogP contribution in [0.3, 0.4) is 0 Å². The van der Waals surface area contributed by atoms with E-state index >= 15 is 0 Å². The highest BCUT2D eigenvalue weighted by Gasteiger charge is 2.43. The molecule has 2 rings (SSSR count). The number of amides is 1. The van der Waals surface area contributed by atoms with Crippen LogP contribution >= 0.6 is 0 Å². The molecule has 5 nitrogen and oxygen atoms in total. The Bertz CT molecular complexity index is 353. The van der Waals surface area contributed by atoms with Gasteiger partial charge in [0.15, 0.2) is 0 Å². The first-order chi connectivity index (χ1) is 10.4. The highest BCUT2D eigenvalue weighted by Crippen LogP contribution is 2.31. The summed E-state index contributed by atoms with van der Waals surface area (Å²) >= 11 is 0. The number of carbonyl (C=O) groups is 1. The Morgan fingerprint density at radius 2 is 1.68 bits per heavy atom. The Balaban J connectivity index is 1.78. The number of nitrogens with zero attached hydrogens (tertiary/aromatic N) is 2. The molecule has 2 aliphatic rings. The first-order valence-electron chi connectivity index (χ1n) is 8.84. The Kier molecular flexibility index (Phi) is 6.09. The van der Waals surface area contributed by atoms with E-state index in [-0.39, 0.29) is 6.09 Å². The average Bonchev–Trinajstić information content (AvgIpc) is 2.68. The zero-order valence-electron chi connectivity index (χ0n) is 14.5. The lowest BCUT2D eigenvalue weighted by Gasteiger charge is -2.41. The van der Waals surface area contributed by atoms with E-state index in [1.807, 2.05) is 25.7 Å². The van der Waals surface area contributed by atoms with Crippen molar-refractivity contribution in [2.24, 2.45) is 5.73 Å². The molecule has 0 aliphatic carbocycles. The number of hydrogen-bond donors (Lipinski definition) is 1. The topological polar surface area (TPSA) is 58.8 Å². The van der Waals surface area contributed by atoms with Gasteiger partial charge in [-0.15, -0.1) is 0 Å². The van der Waals surface area contributed by atoms with Gasteiger partial charge in [0.2, 0.25) is 0 Å². The van der Waals surface area contributed by atoms with Crippen LogP contribution in [0.1, 0.15) is 59.3 Å². The molecule has 0 saturated carbocycles. The van der Waals surface area contributed by atoms with Crippen molar-refractivity contribution in [1.82, 2.24) is 9.80 Å². The molecule has 128 valence electrons. The number of carbonyl (C=O) groups excluding carboxylic acids is 1. The molecule has 22 heavy (non-hydrogen) atoms. The fourth-order valence-electron chi connectivity index (χ4n) is 3.62. The molecule has 0 aromatic carbocycles. The summed E-state index contributed by atoms with van der Waals surface area (Å²) in [6.07, 6.45) is 6.99. The number of hydrogen-bond acceptors (Lipinski definition) is 4. The molecule has 2 saturated heterocycles. The summed E-state index contributed by atoms with van der Waals surface area (Å²) in [7, 11) is 0. The Morgan fingerprint density at radius 1 is 1.09 bits per heavy atom. The quantitative estimate of drug-likeness (QED) is 0.766. The fourth-order valence-corrected chi connectivity index (χ4v) is 3.62. The van der Waals surface area contributed by atoms with E-state index in [4.69, 9.17) is 10.5 Å². The van der Waals surface area contributed by atoms with Gasteiger partial charge in [0, 0.05) is 25.2 Å². The van der Waals surface area contributed by atoms with Gasteiger partial charge in [-0.25, -0.2) is 4.79 Å². The Labute approximate surface area is 135 Å². The third-order valence-electron chi connectivity index (χ3n) is 4.59. The zero-order chi connectivity index (χ0) is 16.2. The van der Waals surface area contributed by atoms with Crippen LogP contribution in [0.15, 0.2) is 0 Å². The van der Waals surface area contributed by atoms with E-state index in [1.165, 1.54) is 19.3 Å². The molecular formula is C17H33N3O2. The second kappa shape index (κ2) is 7.64. The first-order valence-corrected chi connectivity index (χ1v) is 8.84. The maximum absolute atomic E-state index is 12.4. The van der Waals surface area contributed by atoms with Gasteiger partial charge in [0.05, 0.1) is 0 Å². The highest BCUT2D eigenvalue weighted by molar-refractivity contribution is 5.69. The van der Waals surface area contributed by atoms with E-state index in [2.05, 4.69) is 4.90 Å². The van der Waals surface area contributed by atoms with Crippen molar-refractivity contribution >= 4 is 6.09 Å². The Morgan fingerprint density at radius 3 is 2.23 bits per heavy atom. The minimum absolute atomic E-state index is 0.123. The molecule has 1 amide bonds. The van der Waals surface area contributed by atoms with E-state index in [1.54, 1.807) is 0 Å². The maximum atomic E-state index is 12.4. The van der Waals surface area contributed by atoms with Crippen molar-refractivity contribution in [3.05, 3.63) is 0 Å². The summed E-state index contributed by atoms with van der Waals surface area (Å²) in [4.78, 5) is 16.9. The average molecular weight is 311 g/mol. The lowest BCUT2D eigenvalue weighted by molar-refractivity contribution is -0.00452. The molecular weight excluding hydrogens is 278 g/mol. The first kappa shape index (κ1) is 17.5. The van der Waals surface area contributed by atoms with Crippen LogP contribution in [0.5, 0.6) is 0 Å². The van der Waals surface area contributed by atoms with Gasteiger partial charge < -0.3 is 10.5 Å². The van der Waals surface area contributed by atoms with Crippen molar-refractivity contribution in [1.29, 1.82) is 0 Å². The van der Waals surface area contributed by atoms with Gasteiger partial charge in [-0.3, -0.25) is 9.80 Å². The standard InChI is InChI=1S/C17H33N3O2/c1-17(2,3)22-16(21)20-14-8-9-15(20)13-19(12-14)11-7-5-4-6-10-18/h14-15H,4-13,18H2,1-3H3. The van der Waals surface area contributed by atoms with E-state index in [0.717, 1.165) is 45.4 Å². The van der Waals surface area contributed by atoms with Crippen molar-refractivity contribution < 1.29 is 9.53 Å². The third kappa shape index (κ3) is 4.85. The van der Waals surface area contributed by atoms with Crippen LogP contribution in [-0.2, 0) is 4.74 Å². The van der Waals surface area contributed by atoms with Gasteiger partial charge in [-0.2, -0.15) is 0 Å². The van der Waals surface area contributed by atoms with Crippen LogP contribution in [0.2, 0.25) is 0 Å². The second-order valence-electron chi connectivity index (χ2n) is 7.74. The van der Waals surface area contributed by atoms with Gasteiger partial charge in [0.25, 0.3) is 0 Å². The number of piperazine rings is 1. The molecule has 2 fully saturated rings. The van der Waals surface area contributed by atoms with Crippen LogP contribution in [0.25, 0.3) is 0 Å². The van der Waals surface area contributed by atoms with Crippen molar-refractivity contribution in [2.75, 3.05) is 26.2 Å². The number of rotatable bonds is 6. The van der Waals surface area contributed by atoms with E-state index in [0.29, 0.717) is 12.1 Å². The molecule has 2 aliphatic heterocycles. The van der Waals surface area contributed by atoms with Gasteiger partial charge in [-0.05, 0) is 59.5 Å². The molecule has 2 atom stereocenters. The molecule has 2 bridgehead atoms. The second-order valence-corrected chi connectivity index (χ2v) is 7.74. The molecule has 2 heterocycles. The lowest BCUT2D eigenvalue weighted by Crippen LogP contribution is -2.56. The molecule has 0 aromatic heterocycles. The summed E-state index contributed by atoms with van der Waals surface area (Å²) in [6.45, 7) is 9.77. The zero-order valence-corrected chi connectivity index (χ0v) is 14.5. The predicted molar refractivity (Wildman–Crippen MR) is 88.8 cm³/mol. The summed E-state index contributed by atoms with van der Waals surface area (Å²) in [5.74, 6) is 0. The minimum atomic E-state index is -0.406. The van der Waals surface area contributed by atoms with Crippen LogP contribution in [0, 0.1) is 0 Å². The monoisotopic (exact) mass is 311 g/mol. The third-order valence-corrected chi connectivity index (χ3v) is 4.59. The summed E-state index contributed by atoms with van der Waals surface area (Å²) in [5.41, 5.74) is 5.12. The minimum Gasteiger partial charge on any atom is -0.444 e. The van der Waals surface area contributed by atoms with Crippen LogP contribution < -0.4 is 5.73 Å². The highest BCUT2D eigenvalue weighted by atomic mass is 16.6. The number of unbranched alkanes of at least 4 members (excludes halogenated alkanes) is 3. The largest absolute Gasteiger partial charge is 0.444 e. The maximum Gasteiger partial charge on any atom is 0.410 e. The summed E-state index contributed by atoms with van der Waals surface area (Å²) in [6, 6.07) is 0.690. The predicted octanol–water partition coefficient (Wildman–Crippen LogP) is 2.59. The molecule has 2 N–H and O–H groups in total. The van der Waals surface area contributed by atoms with E-state index < -0.39 is 5.60 Å². The molecule has 0 radical (unpaired) electrons. The van der Waals surface area contributed by atoms with Crippen molar-refractivity contribution in [3.63, 3.8) is 0 Å². The van der Waals surface area contributed by atoms with Crippen LogP contribution in [-0.4, -0.2) is 59.8 Å². The summed E-state index contributed by atoms with van der Waals surface area (Å²) in [5, 5.41) is 0. The van der Waals surface area contributed by atoms with Gasteiger partial charge >= 0.3 is 6.09 Å². The SMILES string of the molecule is CC(C)(C)OC(=O)N1C2CCC1CN(CCCCCCN)C2. The Hall–Kier alpha value is -0.810. The lowest BCUT2D eigenvalue weighted by atomic mass is 10.1. The fraction of sp³-hybridized carbons (Fsp3) is 0.941. The number of likely N-dealkylation sites (tertiary alicyclic amines) is 1. The number of nitrogens with two attached hydrogens (primary N) is 1. The van der Waals surface area contributed by atoms with Crippen molar-refractivity contribution in [3.8, 4) is 0 Å². The molecule has 2 unspecified atom stereocenters. The number of fused-ring (bicyclic) bond motifs is 2. The van der Waals surface area contributed by atoms with Gasteiger partial charge in [0.1, 0.15) is 5.60 Å². The molecule has 0 aromatic rings. The normalized spacial score (nSPS) is 25.5.